The van der Waals surface area contributed by atoms with Gasteiger partial charge in [-0.15, -0.1) is 11.3 Å². The molecule has 0 aliphatic heterocycles. The van der Waals surface area contributed by atoms with E-state index in [4.69, 9.17) is 4.74 Å². The molecule has 0 spiro atoms. The normalized spacial score (nSPS) is 11.0. The number of esters is 1. The first-order valence-electron chi connectivity index (χ1n) is 7.82. The van der Waals surface area contributed by atoms with Crippen LogP contribution in [0.4, 0.5) is 0 Å². The van der Waals surface area contributed by atoms with E-state index in [9.17, 15) is 4.79 Å². The number of para-hydroxylation sites is 1. The minimum absolute atomic E-state index is 0.231. The zero-order valence-corrected chi connectivity index (χ0v) is 13.8. The average molecular weight is 333 g/mol. The molecule has 0 radical (unpaired) electrons. The van der Waals surface area contributed by atoms with E-state index in [-0.39, 0.29) is 5.97 Å². The summed E-state index contributed by atoms with van der Waals surface area (Å²) < 4.78 is 6.71. The van der Waals surface area contributed by atoms with Crippen LogP contribution >= 0.6 is 11.3 Å². The smallest absolute Gasteiger partial charge is 0.311 e. The van der Waals surface area contributed by atoms with Crippen LogP contribution in [0, 0.1) is 0 Å². The fourth-order valence-corrected chi connectivity index (χ4v) is 3.66. The van der Waals surface area contributed by atoms with Gasteiger partial charge in [-0.3, -0.25) is 4.79 Å². The van der Waals surface area contributed by atoms with Crippen molar-refractivity contribution in [1.82, 2.24) is 4.98 Å². The molecule has 0 aliphatic rings. The molecule has 0 saturated carbocycles. The van der Waals surface area contributed by atoms with Crippen molar-refractivity contribution < 1.29 is 9.53 Å². The number of aromatic nitrogens is 1. The molecule has 4 aromatic rings. The van der Waals surface area contributed by atoms with Gasteiger partial charge in [0, 0.05) is 11.8 Å². The van der Waals surface area contributed by atoms with Crippen LogP contribution in [0.15, 0.2) is 66.7 Å². The molecule has 0 saturated heterocycles. The third-order valence-electron chi connectivity index (χ3n) is 3.85. The van der Waals surface area contributed by atoms with Crippen molar-refractivity contribution in [3.05, 3.63) is 71.7 Å². The van der Waals surface area contributed by atoms with Crippen LogP contribution < -0.4 is 4.74 Å². The zero-order valence-electron chi connectivity index (χ0n) is 12.9. The maximum Gasteiger partial charge on any atom is 0.311 e. The van der Waals surface area contributed by atoms with Gasteiger partial charge in [0.05, 0.1) is 21.6 Å². The fourth-order valence-electron chi connectivity index (χ4n) is 2.69. The van der Waals surface area contributed by atoms with Gasteiger partial charge < -0.3 is 4.74 Å². The summed E-state index contributed by atoms with van der Waals surface area (Å²) in [7, 11) is 0. The molecule has 0 unspecified atom stereocenters. The first kappa shape index (κ1) is 14.8. The number of thiazole rings is 1. The molecular weight excluding hydrogens is 318 g/mol. The molecule has 24 heavy (non-hydrogen) atoms. The van der Waals surface area contributed by atoms with Gasteiger partial charge in [0.1, 0.15) is 5.75 Å². The summed E-state index contributed by atoms with van der Waals surface area (Å²) in [6, 6.07) is 21.6. The van der Waals surface area contributed by atoms with Gasteiger partial charge in [-0.25, -0.2) is 4.98 Å². The van der Waals surface area contributed by atoms with Gasteiger partial charge >= 0.3 is 5.97 Å². The molecule has 118 valence electrons. The van der Waals surface area contributed by atoms with Crippen molar-refractivity contribution >= 4 is 38.3 Å². The minimum Gasteiger partial charge on any atom is -0.426 e. The summed E-state index contributed by atoms with van der Waals surface area (Å²) in [5, 5.41) is 2.98. The zero-order chi connectivity index (χ0) is 16.4. The molecule has 3 aromatic carbocycles. The first-order chi connectivity index (χ1) is 11.8. The molecule has 0 amide bonds. The lowest BCUT2D eigenvalue weighted by Gasteiger charge is -2.07. The van der Waals surface area contributed by atoms with Crippen molar-refractivity contribution in [3.8, 4) is 5.75 Å². The van der Waals surface area contributed by atoms with Crippen LogP contribution in [-0.2, 0) is 11.2 Å². The average Bonchev–Trinajstić information content (AvgIpc) is 3.03. The van der Waals surface area contributed by atoms with Crippen LogP contribution in [0.5, 0.6) is 5.75 Å². The largest absolute Gasteiger partial charge is 0.426 e. The predicted molar refractivity (Wildman–Crippen MR) is 97.5 cm³/mol. The number of hydrogen-bond acceptors (Lipinski definition) is 4. The van der Waals surface area contributed by atoms with Gasteiger partial charge in [0.15, 0.2) is 0 Å². The molecule has 0 N–H and O–H groups in total. The van der Waals surface area contributed by atoms with Gasteiger partial charge in [-0.2, -0.15) is 0 Å². The van der Waals surface area contributed by atoms with E-state index in [1.54, 1.807) is 11.3 Å². The Morgan fingerprint density at radius 2 is 1.75 bits per heavy atom. The number of benzene rings is 3. The Bertz CT molecular complexity index is 984. The van der Waals surface area contributed by atoms with Crippen molar-refractivity contribution in [1.29, 1.82) is 0 Å². The Morgan fingerprint density at radius 3 is 2.67 bits per heavy atom. The summed E-state index contributed by atoms with van der Waals surface area (Å²) in [5.41, 5.74) is 0.986. The van der Waals surface area contributed by atoms with Crippen LogP contribution in [0.2, 0.25) is 0 Å². The SMILES string of the molecule is O=C(CCc1nc2ccccc2s1)Oc1cccc2ccccc12. The van der Waals surface area contributed by atoms with E-state index in [1.165, 1.54) is 0 Å². The van der Waals surface area contributed by atoms with Gasteiger partial charge in [0.25, 0.3) is 0 Å². The summed E-state index contributed by atoms with van der Waals surface area (Å²) in [5.74, 6) is 0.382. The van der Waals surface area contributed by atoms with E-state index in [0.29, 0.717) is 18.6 Å². The summed E-state index contributed by atoms with van der Waals surface area (Å²) in [4.78, 5) is 16.8. The molecule has 0 bridgehead atoms. The Kier molecular flexibility index (Phi) is 3.97. The second kappa shape index (κ2) is 6.42. The van der Waals surface area contributed by atoms with E-state index in [2.05, 4.69) is 4.98 Å². The Hall–Kier alpha value is -2.72. The van der Waals surface area contributed by atoms with Crippen LogP contribution in [0.25, 0.3) is 21.0 Å². The van der Waals surface area contributed by atoms with Crippen molar-refractivity contribution in [3.63, 3.8) is 0 Å². The fraction of sp³-hybridized carbons (Fsp3) is 0.100. The maximum absolute atomic E-state index is 12.2. The third kappa shape index (κ3) is 3.01. The minimum atomic E-state index is -0.231. The molecule has 0 atom stereocenters. The summed E-state index contributed by atoms with van der Waals surface area (Å²) in [6.45, 7) is 0. The van der Waals surface area contributed by atoms with Crippen molar-refractivity contribution in [2.24, 2.45) is 0 Å². The maximum atomic E-state index is 12.2. The van der Waals surface area contributed by atoms with Crippen molar-refractivity contribution in [2.45, 2.75) is 12.8 Å². The highest BCUT2D eigenvalue weighted by Crippen LogP contribution is 2.26. The lowest BCUT2D eigenvalue weighted by atomic mass is 10.1. The highest BCUT2D eigenvalue weighted by Gasteiger charge is 2.10. The highest BCUT2D eigenvalue weighted by atomic mass is 32.1. The second-order valence-corrected chi connectivity index (χ2v) is 6.64. The Labute approximate surface area is 143 Å². The topological polar surface area (TPSA) is 39.2 Å². The molecular formula is C20H15NO2S. The number of hydrogen-bond donors (Lipinski definition) is 0. The monoisotopic (exact) mass is 333 g/mol. The molecule has 1 aromatic heterocycles. The molecule has 4 rings (SSSR count). The van der Waals surface area contributed by atoms with Gasteiger partial charge in [-0.05, 0) is 23.6 Å². The van der Waals surface area contributed by atoms with Crippen LogP contribution in [0.3, 0.4) is 0 Å². The Morgan fingerprint density at radius 1 is 0.958 bits per heavy atom. The number of ether oxygens (including phenoxy) is 1. The van der Waals surface area contributed by atoms with Crippen molar-refractivity contribution in [2.75, 3.05) is 0 Å². The molecule has 3 nitrogen and oxygen atoms in total. The molecule has 0 fully saturated rings. The predicted octanol–water partition coefficient (Wildman–Crippen LogP) is 4.99. The lowest BCUT2D eigenvalue weighted by molar-refractivity contribution is -0.134. The van der Waals surface area contributed by atoms with Gasteiger partial charge in [0.2, 0.25) is 0 Å². The third-order valence-corrected chi connectivity index (χ3v) is 4.95. The van der Waals surface area contributed by atoms with Gasteiger partial charge in [-0.1, -0.05) is 48.5 Å². The van der Waals surface area contributed by atoms with E-state index in [0.717, 1.165) is 26.0 Å². The Balaban J connectivity index is 1.46. The molecule has 4 heteroatoms. The number of nitrogens with zero attached hydrogens (tertiary/aromatic N) is 1. The van der Waals surface area contributed by atoms with Crippen LogP contribution in [-0.4, -0.2) is 11.0 Å². The highest BCUT2D eigenvalue weighted by molar-refractivity contribution is 7.18. The number of aryl methyl sites for hydroxylation is 1. The number of carbonyl (C=O) groups excluding carboxylic acids is 1. The first-order valence-corrected chi connectivity index (χ1v) is 8.64. The van der Waals surface area contributed by atoms with E-state index in [1.807, 2.05) is 66.7 Å². The van der Waals surface area contributed by atoms with Crippen LogP contribution in [0.1, 0.15) is 11.4 Å². The standard InChI is InChI=1S/C20H15NO2S/c22-20(13-12-19-21-16-9-3-4-11-18(16)24-19)23-17-10-5-7-14-6-1-2-8-15(14)17/h1-11H,12-13H2. The second-order valence-electron chi connectivity index (χ2n) is 5.53. The number of rotatable bonds is 4. The quantitative estimate of drug-likeness (QED) is 0.390. The molecule has 1 heterocycles. The number of fused-ring (bicyclic) bond motifs is 2. The summed E-state index contributed by atoms with van der Waals surface area (Å²) >= 11 is 1.63. The lowest BCUT2D eigenvalue weighted by Crippen LogP contribution is -2.09. The summed E-state index contributed by atoms with van der Waals surface area (Å²) in [6.07, 6.45) is 0.923. The number of carbonyl (C=O) groups is 1. The van der Waals surface area contributed by atoms with E-state index < -0.39 is 0 Å². The van der Waals surface area contributed by atoms with E-state index >= 15 is 0 Å². The molecule has 0 aliphatic carbocycles.